The number of halogens is 1. The van der Waals surface area contributed by atoms with Gasteiger partial charge in [-0.15, -0.1) is 23.1 Å². The van der Waals surface area contributed by atoms with Gasteiger partial charge in [-0.3, -0.25) is 14.0 Å². The lowest BCUT2D eigenvalue weighted by Crippen LogP contribution is -2.27. The van der Waals surface area contributed by atoms with Crippen molar-refractivity contribution in [2.45, 2.75) is 12.2 Å². The fourth-order valence-corrected chi connectivity index (χ4v) is 3.78. The van der Waals surface area contributed by atoms with Crippen molar-refractivity contribution >= 4 is 34.0 Å². The number of fused-ring (bicyclic) bond motifs is 1. The van der Waals surface area contributed by atoms with E-state index in [0.717, 1.165) is 0 Å². The first-order valence-electron chi connectivity index (χ1n) is 7.67. The first-order chi connectivity index (χ1) is 12.1. The molecule has 0 saturated heterocycles. The van der Waals surface area contributed by atoms with Crippen LogP contribution in [0.15, 0.2) is 46.7 Å². The molecule has 0 spiro atoms. The van der Waals surface area contributed by atoms with Crippen LogP contribution in [-0.2, 0) is 17.0 Å². The van der Waals surface area contributed by atoms with Crippen molar-refractivity contribution in [2.24, 2.45) is 0 Å². The predicted molar refractivity (Wildman–Crippen MR) is 98.6 cm³/mol. The van der Waals surface area contributed by atoms with E-state index in [1.807, 2.05) is 5.38 Å². The molecule has 1 N–H and O–H groups in total. The van der Waals surface area contributed by atoms with Crippen LogP contribution in [0.1, 0.15) is 11.3 Å². The van der Waals surface area contributed by atoms with Gasteiger partial charge in [-0.1, -0.05) is 18.2 Å². The smallest absolute Gasteiger partial charge is 0.258 e. The van der Waals surface area contributed by atoms with Crippen molar-refractivity contribution < 1.29 is 9.18 Å². The van der Waals surface area contributed by atoms with Crippen LogP contribution in [0, 0.1) is 5.82 Å². The second-order valence-electron chi connectivity index (χ2n) is 5.33. The summed E-state index contributed by atoms with van der Waals surface area (Å²) in [5.74, 6) is 0.385. The van der Waals surface area contributed by atoms with Gasteiger partial charge in [-0.25, -0.2) is 9.37 Å². The van der Waals surface area contributed by atoms with Crippen molar-refractivity contribution in [3.63, 3.8) is 0 Å². The zero-order valence-corrected chi connectivity index (χ0v) is 14.9. The average Bonchev–Trinajstić information content (AvgIpc) is 3.06. The molecule has 0 radical (unpaired) electrons. The van der Waals surface area contributed by atoms with E-state index in [1.54, 1.807) is 24.4 Å². The number of aromatic nitrogens is 2. The summed E-state index contributed by atoms with van der Waals surface area (Å²) in [6.07, 6.45) is 2.14. The summed E-state index contributed by atoms with van der Waals surface area (Å²) in [5, 5.41) is 4.58. The molecule has 0 fully saturated rings. The summed E-state index contributed by atoms with van der Waals surface area (Å²) in [5.41, 5.74) is 1.14. The highest BCUT2D eigenvalue weighted by molar-refractivity contribution is 7.99. The summed E-state index contributed by atoms with van der Waals surface area (Å²) in [6.45, 7) is 0.390. The van der Waals surface area contributed by atoms with Crippen molar-refractivity contribution in [1.82, 2.24) is 14.7 Å². The van der Waals surface area contributed by atoms with Gasteiger partial charge < -0.3 is 5.32 Å². The van der Waals surface area contributed by atoms with Gasteiger partial charge in [0.05, 0.1) is 11.4 Å². The van der Waals surface area contributed by atoms with Crippen molar-refractivity contribution in [3.8, 4) is 0 Å². The molecule has 0 aliphatic heterocycles. The van der Waals surface area contributed by atoms with Crippen LogP contribution in [-0.4, -0.2) is 27.6 Å². The first-order valence-corrected chi connectivity index (χ1v) is 9.70. The highest BCUT2D eigenvalue weighted by Crippen LogP contribution is 2.12. The molecule has 0 bridgehead atoms. The minimum atomic E-state index is -0.257. The van der Waals surface area contributed by atoms with Crippen LogP contribution in [0.25, 0.3) is 4.96 Å². The van der Waals surface area contributed by atoms with Gasteiger partial charge in [0.25, 0.3) is 5.56 Å². The van der Waals surface area contributed by atoms with E-state index < -0.39 is 0 Å². The van der Waals surface area contributed by atoms with Crippen LogP contribution in [0.4, 0.5) is 4.39 Å². The second kappa shape index (κ2) is 8.26. The minimum absolute atomic E-state index is 0.115. The van der Waals surface area contributed by atoms with E-state index >= 15 is 0 Å². The van der Waals surface area contributed by atoms with Crippen molar-refractivity contribution in [1.29, 1.82) is 0 Å². The Balaban J connectivity index is 1.43. The van der Waals surface area contributed by atoms with E-state index in [2.05, 4.69) is 10.3 Å². The predicted octanol–water partition coefficient (Wildman–Crippen LogP) is 2.49. The molecule has 0 aliphatic carbocycles. The molecule has 0 atom stereocenters. The van der Waals surface area contributed by atoms with E-state index in [-0.39, 0.29) is 23.0 Å². The molecule has 25 heavy (non-hydrogen) atoms. The zero-order valence-electron chi connectivity index (χ0n) is 13.3. The number of carbonyl (C=O) groups is 1. The normalized spacial score (nSPS) is 10.9. The minimum Gasteiger partial charge on any atom is -0.355 e. The third-order valence-corrected chi connectivity index (χ3v) is 5.24. The Labute approximate surface area is 151 Å². The Kier molecular flexibility index (Phi) is 5.83. The topological polar surface area (TPSA) is 63.5 Å². The van der Waals surface area contributed by atoms with E-state index in [4.69, 9.17) is 0 Å². The molecular formula is C17H16FN3O2S2. The Morgan fingerprint density at radius 1 is 1.36 bits per heavy atom. The molecule has 1 amide bonds. The van der Waals surface area contributed by atoms with E-state index in [0.29, 0.717) is 34.9 Å². The lowest BCUT2D eigenvalue weighted by Gasteiger charge is -2.06. The molecule has 0 unspecified atom stereocenters. The number of hydrogen-bond acceptors (Lipinski definition) is 5. The molecule has 1 aromatic carbocycles. The van der Waals surface area contributed by atoms with Gasteiger partial charge in [0.15, 0.2) is 4.96 Å². The van der Waals surface area contributed by atoms with Gasteiger partial charge >= 0.3 is 0 Å². The molecule has 5 nitrogen and oxygen atoms in total. The van der Waals surface area contributed by atoms with Crippen molar-refractivity contribution in [2.75, 3.05) is 12.3 Å². The number of thiazole rings is 1. The summed E-state index contributed by atoms with van der Waals surface area (Å²) in [4.78, 5) is 28.8. The molecule has 2 aromatic heterocycles. The summed E-state index contributed by atoms with van der Waals surface area (Å²) < 4.78 is 15.0. The lowest BCUT2D eigenvalue weighted by molar-refractivity contribution is -0.118. The van der Waals surface area contributed by atoms with Gasteiger partial charge in [0.2, 0.25) is 5.91 Å². The molecule has 130 valence electrons. The Morgan fingerprint density at radius 3 is 3.04 bits per heavy atom. The van der Waals surface area contributed by atoms with Crippen LogP contribution in [0.2, 0.25) is 0 Å². The lowest BCUT2D eigenvalue weighted by atomic mass is 10.1. The summed E-state index contributed by atoms with van der Waals surface area (Å²) in [7, 11) is 0. The van der Waals surface area contributed by atoms with Gasteiger partial charge in [0.1, 0.15) is 5.82 Å². The maximum atomic E-state index is 13.5. The van der Waals surface area contributed by atoms with E-state index in [1.165, 1.54) is 39.6 Å². The number of amides is 1. The Morgan fingerprint density at radius 2 is 2.20 bits per heavy atom. The number of hydrogen-bond donors (Lipinski definition) is 1. The fraction of sp³-hybridized carbons (Fsp3) is 0.235. The molecule has 2 heterocycles. The molecule has 3 rings (SSSR count). The second-order valence-corrected chi connectivity index (χ2v) is 7.18. The first kappa shape index (κ1) is 17.6. The molecule has 3 aromatic rings. The van der Waals surface area contributed by atoms with Gasteiger partial charge in [-0.05, 0) is 18.1 Å². The molecular weight excluding hydrogens is 361 g/mol. The third-order valence-electron chi connectivity index (χ3n) is 3.51. The zero-order chi connectivity index (χ0) is 17.6. The van der Waals surface area contributed by atoms with Crippen LogP contribution in [0.3, 0.4) is 0 Å². The monoisotopic (exact) mass is 377 g/mol. The van der Waals surface area contributed by atoms with Gasteiger partial charge in [-0.2, -0.15) is 0 Å². The standard InChI is InChI=1S/C17H16FN3O2S2/c18-14-4-2-1-3-12(14)5-6-19-15(22)11-24-10-13-9-16(23)21-7-8-25-17(21)20-13/h1-4,7-9H,5-6,10-11H2,(H,19,22). The maximum absolute atomic E-state index is 13.5. The Bertz CT molecular complexity index is 939. The SMILES string of the molecule is O=C(CSCc1cc(=O)n2ccsc2n1)NCCc1ccccc1F. The Hall–Kier alpha value is -2.19. The van der Waals surface area contributed by atoms with Crippen LogP contribution < -0.4 is 10.9 Å². The quantitative estimate of drug-likeness (QED) is 0.687. The third kappa shape index (κ3) is 4.67. The molecule has 0 aliphatic rings. The number of benzene rings is 1. The number of thioether (sulfide) groups is 1. The molecule has 8 heteroatoms. The van der Waals surface area contributed by atoms with Gasteiger partial charge in [0, 0.05) is 29.9 Å². The van der Waals surface area contributed by atoms with E-state index in [9.17, 15) is 14.0 Å². The average molecular weight is 377 g/mol. The largest absolute Gasteiger partial charge is 0.355 e. The summed E-state index contributed by atoms with van der Waals surface area (Å²) in [6, 6.07) is 8.02. The highest BCUT2D eigenvalue weighted by atomic mass is 32.2. The fourth-order valence-electron chi connectivity index (χ4n) is 2.30. The van der Waals surface area contributed by atoms with Crippen LogP contribution in [0.5, 0.6) is 0 Å². The van der Waals surface area contributed by atoms with Crippen molar-refractivity contribution in [3.05, 3.63) is 69.3 Å². The number of nitrogens with zero attached hydrogens (tertiary/aromatic N) is 2. The highest BCUT2D eigenvalue weighted by Gasteiger charge is 2.06. The molecule has 0 saturated carbocycles. The maximum Gasteiger partial charge on any atom is 0.258 e. The number of rotatable bonds is 7. The number of nitrogens with one attached hydrogen (secondary N) is 1. The van der Waals surface area contributed by atoms with Crippen LogP contribution >= 0.6 is 23.1 Å². The number of carbonyl (C=O) groups excluding carboxylic acids is 1. The summed E-state index contributed by atoms with van der Waals surface area (Å²) >= 11 is 2.79.